The minimum atomic E-state index is -1.93. The molecule has 0 saturated heterocycles. The van der Waals surface area contributed by atoms with Crippen molar-refractivity contribution in [2.45, 2.75) is 96.5 Å². The third-order valence-electron chi connectivity index (χ3n) is 8.55. The number of aliphatic hydroxyl groups is 1. The summed E-state index contributed by atoms with van der Waals surface area (Å²) in [6.45, 7) is 6.72. The van der Waals surface area contributed by atoms with E-state index in [9.17, 15) is 48.7 Å². The molecule has 0 aliphatic heterocycles. The number of aryl methyl sites for hydroxylation is 1. The van der Waals surface area contributed by atoms with Crippen LogP contribution in [0, 0.1) is 0 Å². The van der Waals surface area contributed by atoms with E-state index < -0.39 is 97.6 Å². The van der Waals surface area contributed by atoms with Gasteiger partial charge in [0.05, 0.1) is 25.0 Å². The number of carbonyl (C=O) groups is 7. The highest BCUT2D eigenvalue weighted by atomic mass is 16.4. The Labute approximate surface area is 315 Å². The summed E-state index contributed by atoms with van der Waals surface area (Å²) in [5.74, 6) is -6.93. The molecule has 0 fully saturated rings. The molecule has 294 valence electrons. The van der Waals surface area contributed by atoms with Crippen molar-refractivity contribution in [1.82, 2.24) is 31.5 Å². The van der Waals surface area contributed by atoms with Crippen LogP contribution in [0.3, 0.4) is 0 Å². The topological polar surface area (TPSA) is 270 Å². The van der Waals surface area contributed by atoms with E-state index in [0.29, 0.717) is 5.56 Å². The summed E-state index contributed by atoms with van der Waals surface area (Å²) in [7, 11) is -0.722. The number of amides is 7. The van der Waals surface area contributed by atoms with Crippen LogP contribution in [0.15, 0.2) is 48.5 Å². The molecule has 0 aromatic heterocycles. The Kier molecular flexibility index (Phi) is 17.8. The van der Waals surface area contributed by atoms with Crippen LogP contribution in [0.1, 0.15) is 69.8 Å². The van der Waals surface area contributed by atoms with Crippen molar-refractivity contribution in [2.75, 3.05) is 13.6 Å². The van der Waals surface area contributed by atoms with Gasteiger partial charge in [-0.3, -0.25) is 33.6 Å². The van der Waals surface area contributed by atoms with Crippen LogP contribution in [0.2, 0.25) is 0 Å². The molecule has 17 nitrogen and oxygen atoms in total. The predicted octanol–water partition coefficient (Wildman–Crippen LogP) is -1.48. The first-order chi connectivity index (χ1) is 25.4. The molecule has 18 heteroatoms. The van der Waals surface area contributed by atoms with Crippen molar-refractivity contribution in [2.24, 2.45) is 5.73 Å². The van der Waals surface area contributed by atoms with Gasteiger partial charge in [-0.2, -0.15) is 0 Å². The molecule has 10 N–H and O–H groups in total. The van der Waals surface area contributed by atoms with Crippen molar-refractivity contribution >= 4 is 48.5 Å². The molecule has 6 unspecified atom stereocenters. The summed E-state index contributed by atoms with van der Waals surface area (Å²) < 4.78 is 0. The molecule has 2 rings (SSSR count). The number of likely N-dealkylation sites (N-methyl/N-ethyl adjacent to an activating group) is 1. The quantitative estimate of drug-likeness (QED) is 0.0708. The number of benzene rings is 2. The van der Waals surface area contributed by atoms with Crippen molar-refractivity contribution in [3.8, 4) is 11.1 Å². The Hall–Kier alpha value is -5.33. The molecule has 0 radical (unpaired) electrons. The number of aliphatic hydroxyl groups excluding tert-OH is 1. The van der Waals surface area contributed by atoms with Gasteiger partial charge < -0.3 is 52.4 Å². The molecule has 54 heavy (non-hydrogen) atoms. The van der Waals surface area contributed by atoms with E-state index in [1.165, 1.54) is 40.3 Å². The van der Waals surface area contributed by atoms with E-state index in [2.05, 4.69) is 45.6 Å². The maximum Gasteiger partial charge on any atom is 0.475 e. The van der Waals surface area contributed by atoms with Gasteiger partial charge in [-0.25, -0.2) is 0 Å². The Morgan fingerprint density at radius 2 is 1.31 bits per heavy atom. The molecule has 2 aromatic rings. The summed E-state index contributed by atoms with van der Waals surface area (Å²) in [6.07, 6.45) is 1.17. The van der Waals surface area contributed by atoms with Crippen LogP contribution in [0.4, 0.5) is 0 Å². The van der Waals surface area contributed by atoms with Crippen LogP contribution in [-0.2, 0) is 35.2 Å². The third-order valence-corrected chi connectivity index (χ3v) is 8.55. The fourth-order valence-corrected chi connectivity index (χ4v) is 5.19. The van der Waals surface area contributed by atoms with Crippen LogP contribution in [-0.4, -0.2) is 118 Å². The maximum absolute atomic E-state index is 13.1. The van der Waals surface area contributed by atoms with Gasteiger partial charge in [0.15, 0.2) is 0 Å². The molecular weight excluding hydrogens is 701 g/mol. The monoisotopic (exact) mass is 753 g/mol. The first-order valence-electron chi connectivity index (χ1n) is 17.6. The summed E-state index contributed by atoms with van der Waals surface area (Å²) >= 11 is 0. The number of hydrogen-bond donors (Lipinski definition) is 9. The smallest absolute Gasteiger partial charge is 0.426 e. The summed E-state index contributed by atoms with van der Waals surface area (Å²) in [6, 6.07) is 9.71. The zero-order valence-corrected chi connectivity index (χ0v) is 31.4. The van der Waals surface area contributed by atoms with E-state index in [-0.39, 0.29) is 0 Å². The third kappa shape index (κ3) is 13.9. The van der Waals surface area contributed by atoms with Crippen LogP contribution < -0.4 is 32.3 Å². The molecule has 2 aromatic carbocycles. The number of rotatable bonds is 20. The highest BCUT2D eigenvalue weighted by molar-refractivity contribution is 6.43. The number of nitrogens with two attached hydrogens (primary N) is 1. The average molecular weight is 754 g/mol. The van der Waals surface area contributed by atoms with Crippen molar-refractivity contribution in [3.63, 3.8) is 0 Å². The lowest BCUT2D eigenvalue weighted by Gasteiger charge is -2.30. The molecule has 0 aliphatic carbocycles. The van der Waals surface area contributed by atoms with Gasteiger partial charge in [0.1, 0.15) is 24.2 Å². The highest BCUT2D eigenvalue weighted by Gasteiger charge is 2.34. The maximum atomic E-state index is 13.1. The van der Waals surface area contributed by atoms with Crippen LogP contribution in [0.5, 0.6) is 0 Å². The van der Waals surface area contributed by atoms with E-state index in [1.807, 2.05) is 24.3 Å². The lowest BCUT2D eigenvalue weighted by atomic mass is 9.81. The van der Waals surface area contributed by atoms with E-state index in [0.717, 1.165) is 35.3 Å². The first-order valence-corrected chi connectivity index (χ1v) is 17.6. The molecule has 0 heterocycles. The fourth-order valence-electron chi connectivity index (χ4n) is 5.19. The average Bonchev–Trinajstić information content (AvgIpc) is 3.12. The number of primary amides is 1. The zero-order valence-electron chi connectivity index (χ0n) is 31.4. The molecular formula is C36H52BN7O10. The standard InChI is InChI=1S/C36H52BN7O10/c1-7-8-9-24-10-12-25(13-11-24)26-14-16-27(17-15-26)34(50)40-20(2)32(48)39-19-30(47)44(6)31(22(4)45)36(52)41-21(3)33(49)43-28(18-29(38)46)35(51)42-23(5)37(53)54/h10-17,20-23,28,31,45,53-54H,7-9,18-19H2,1-6H3,(H2,38,46)(H,39,48)(H,40,50)(H,41,52)(H,42,51)(H,43,49). The fraction of sp³-hybridized carbons (Fsp3) is 0.472. The normalized spacial score (nSPS) is 14.2. The molecule has 0 aliphatic rings. The summed E-state index contributed by atoms with van der Waals surface area (Å²) in [5.41, 5.74) is 8.69. The number of hydrogen-bond acceptors (Lipinski definition) is 10. The summed E-state index contributed by atoms with van der Waals surface area (Å²) in [5, 5.41) is 40.6. The Morgan fingerprint density at radius 3 is 1.83 bits per heavy atom. The van der Waals surface area contributed by atoms with Gasteiger partial charge in [-0.05, 0) is 69.4 Å². The van der Waals surface area contributed by atoms with Gasteiger partial charge in [-0.15, -0.1) is 0 Å². The van der Waals surface area contributed by atoms with Gasteiger partial charge in [0, 0.05) is 12.6 Å². The second-order valence-corrected chi connectivity index (χ2v) is 13.2. The van der Waals surface area contributed by atoms with Gasteiger partial charge in [0.25, 0.3) is 5.91 Å². The first kappa shape index (κ1) is 44.8. The lowest BCUT2D eigenvalue weighted by Crippen LogP contribution is -2.60. The molecule has 0 bridgehead atoms. The molecule has 0 spiro atoms. The van der Waals surface area contributed by atoms with Crippen molar-refractivity contribution < 1.29 is 48.7 Å². The Morgan fingerprint density at radius 1 is 0.759 bits per heavy atom. The minimum absolute atomic E-state index is 0.324. The number of nitrogens with zero attached hydrogens (tertiary/aromatic N) is 1. The van der Waals surface area contributed by atoms with Crippen LogP contribution in [0.25, 0.3) is 11.1 Å². The van der Waals surface area contributed by atoms with Gasteiger partial charge in [-0.1, -0.05) is 49.7 Å². The Bertz CT molecular complexity index is 1620. The molecule has 0 saturated carbocycles. The number of carbonyl (C=O) groups excluding carboxylic acids is 7. The predicted molar refractivity (Wildman–Crippen MR) is 200 cm³/mol. The zero-order chi connectivity index (χ0) is 40.7. The minimum Gasteiger partial charge on any atom is -0.426 e. The largest absolute Gasteiger partial charge is 0.475 e. The van der Waals surface area contributed by atoms with E-state index in [1.54, 1.807) is 12.1 Å². The van der Waals surface area contributed by atoms with Crippen molar-refractivity contribution in [1.29, 1.82) is 0 Å². The highest BCUT2D eigenvalue weighted by Crippen LogP contribution is 2.21. The SMILES string of the molecule is CCCCc1ccc(-c2ccc(C(=O)NC(C)C(=O)NCC(=O)N(C)C(C(=O)NC(C)C(=O)NC(CC(N)=O)C(=O)NC(C)B(O)O)C(C)O)cc2)cc1. The Balaban J connectivity index is 1.94. The summed E-state index contributed by atoms with van der Waals surface area (Å²) in [4.78, 5) is 89.5. The van der Waals surface area contributed by atoms with E-state index in [4.69, 9.17) is 5.73 Å². The van der Waals surface area contributed by atoms with Crippen LogP contribution >= 0.6 is 0 Å². The number of unbranched alkanes of at least 4 members (excludes halogenated alkanes) is 1. The van der Waals surface area contributed by atoms with E-state index >= 15 is 0 Å². The second-order valence-electron chi connectivity index (χ2n) is 13.2. The number of nitrogens with one attached hydrogen (secondary N) is 5. The lowest BCUT2D eigenvalue weighted by molar-refractivity contribution is -0.143. The van der Waals surface area contributed by atoms with Gasteiger partial charge >= 0.3 is 7.12 Å². The second kappa shape index (κ2) is 21.4. The van der Waals surface area contributed by atoms with Gasteiger partial charge in [0.2, 0.25) is 35.4 Å². The van der Waals surface area contributed by atoms with Crippen molar-refractivity contribution in [3.05, 3.63) is 59.7 Å². The molecule has 6 atom stereocenters. The molecule has 7 amide bonds.